The van der Waals surface area contributed by atoms with Crippen LogP contribution in [0.5, 0.6) is 0 Å². The fraction of sp³-hybridized carbons (Fsp3) is 0. The normalized spacial score (nSPS) is 9.08. The van der Waals surface area contributed by atoms with Gasteiger partial charge in [-0.05, 0) is 0 Å². The van der Waals surface area contributed by atoms with Crippen molar-refractivity contribution in [3.63, 3.8) is 0 Å². The van der Waals surface area contributed by atoms with E-state index in [-0.39, 0.29) is 64.6 Å². The van der Waals surface area contributed by atoms with Crippen molar-refractivity contribution in [2.75, 3.05) is 0 Å². The molecule has 0 aromatic carbocycles. The number of rotatable bonds is 0. The molecule has 9 nitrogen and oxygen atoms in total. The van der Waals surface area contributed by atoms with Gasteiger partial charge in [-0.3, -0.25) is 0 Å². The van der Waals surface area contributed by atoms with Crippen molar-refractivity contribution in [2.24, 2.45) is 0 Å². The second-order valence-electron chi connectivity index (χ2n) is 1.03. The van der Waals surface area contributed by atoms with Gasteiger partial charge in [-0.1, -0.05) is 0 Å². The van der Waals surface area contributed by atoms with Gasteiger partial charge in [-0.2, -0.15) is 0 Å². The van der Waals surface area contributed by atoms with Gasteiger partial charge in [0.25, 0.3) is 0 Å². The standard InChI is InChI=1S/2Na.2H3O4P.H2O.2H/c;;2*1-5(2,3)4;;;/h;;2*(H3,1,2,3,4);1H2;;. The minimum atomic E-state index is -4.64. The zero-order valence-corrected chi connectivity index (χ0v) is 6.68. The van der Waals surface area contributed by atoms with Gasteiger partial charge < -0.3 is 34.8 Å². The molecule has 0 saturated heterocycles. The molecule has 0 bridgehead atoms. The average molecular weight is 262 g/mol. The van der Waals surface area contributed by atoms with Crippen LogP contribution in [0.25, 0.3) is 0 Å². The zero-order chi connectivity index (χ0) is 9.00. The summed E-state index contributed by atoms with van der Waals surface area (Å²) in [5.41, 5.74) is 0. The van der Waals surface area contributed by atoms with Gasteiger partial charge in [-0.15, -0.1) is 0 Å². The quantitative estimate of drug-likeness (QED) is 0.188. The van der Waals surface area contributed by atoms with E-state index in [2.05, 4.69) is 0 Å². The maximum atomic E-state index is 8.88. The average Bonchev–Trinajstić information content (AvgIpc) is 1.12. The van der Waals surface area contributed by atoms with E-state index in [1.54, 1.807) is 0 Å². The van der Waals surface area contributed by atoms with Gasteiger partial charge in [0.15, 0.2) is 0 Å². The van der Waals surface area contributed by atoms with Gasteiger partial charge in [-0.25, -0.2) is 9.13 Å². The molecule has 13 heavy (non-hydrogen) atoms. The Morgan fingerprint density at radius 3 is 0.615 bits per heavy atom. The summed E-state index contributed by atoms with van der Waals surface area (Å²) in [6.45, 7) is 0. The van der Waals surface area contributed by atoms with E-state index < -0.39 is 15.6 Å². The van der Waals surface area contributed by atoms with Crippen molar-refractivity contribution in [3.8, 4) is 0 Å². The van der Waals surface area contributed by atoms with Crippen LogP contribution in [-0.2, 0) is 9.13 Å². The molecule has 0 amide bonds. The zero-order valence-electron chi connectivity index (χ0n) is 4.89. The van der Waals surface area contributed by atoms with Crippen molar-refractivity contribution in [2.45, 2.75) is 0 Å². The predicted molar refractivity (Wildman–Crippen MR) is 46.4 cm³/mol. The van der Waals surface area contributed by atoms with Crippen LogP contribution in [0.3, 0.4) is 0 Å². The van der Waals surface area contributed by atoms with Crippen molar-refractivity contribution in [3.05, 3.63) is 0 Å². The van der Waals surface area contributed by atoms with E-state index >= 15 is 0 Å². The molecule has 8 N–H and O–H groups in total. The minimum absolute atomic E-state index is 0. The molecule has 13 heteroatoms. The molecule has 0 fully saturated rings. The number of hydrogen-bond donors (Lipinski definition) is 6. The molecule has 0 radical (unpaired) electrons. The molecule has 0 aliphatic carbocycles. The molecule has 76 valence electrons. The summed E-state index contributed by atoms with van der Waals surface area (Å²) in [7, 11) is -9.28. The van der Waals surface area contributed by atoms with Crippen LogP contribution in [0.1, 0.15) is 0 Å². The summed E-state index contributed by atoms with van der Waals surface area (Å²) >= 11 is 0. The van der Waals surface area contributed by atoms with E-state index in [4.69, 9.17) is 38.5 Å². The third-order valence-electron chi connectivity index (χ3n) is 0. The van der Waals surface area contributed by atoms with Crippen LogP contribution >= 0.6 is 15.6 Å². The Morgan fingerprint density at radius 1 is 0.615 bits per heavy atom. The molecule has 0 atom stereocenters. The summed E-state index contributed by atoms with van der Waals surface area (Å²) in [5.74, 6) is 0. The Labute approximate surface area is 118 Å². The molecule has 0 spiro atoms. The molecule has 0 heterocycles. The van der Waals surface area contributed by atoms with Crippen LogP contribution in [0.2, 0.25) is 0 Å². The SMILES string of the molecule is O.O=P(O)(O)O.O=P(O)(O)O.[NaH].[NaH]. The Kier molecular flexibility index (Phi) is 27.8. The third-order valence-corrected chi connectivity index (χ3v) is 0. The monoisotopic (exact) mass is 262 g/mol. The molecule has 0 aliphatic heterocycles. The number of hydrogen-bond acceptors (Lipinski definition) is 2. The summed E-state index contributed by atoms with van der Waals surface area (Å²) in [4.78, 5) is 43.1. The van der Waals surface area contributed by atoms with Crippen molar-refractivity contribution in [1.29, 1.82) is 0 Å². The van der Waals surface area contributed by atoms with Crippen molar-refractivity contribution < 1.29 is 44.0 Å². The Hall–Kier alpha value is 2.18. The summed E-state index contributed by atoms with van der Waals surface area (Å²) in [5, 5.41) is 0. The van der Waals surface area contributed by atoms with Crippen molar-refractivity contribution >= 4 is 74.8 Å². The summed E-state index contributed by atoms with van der Waals surface area (Å²) in [6, 6.07) is 0. The van der Waals surface area contributed by atoms with E-state index in [1.807, 2.05) is 0 Å². The van der Waals surface area contributed by atoms with E-state index in [9.17, 15) is 0 Å². The fourth-order valence-electron chi connectivity index (χ4n) is 0. The third kappa shape index (κ3) is 443. The Bertz CT molecular complexity index is 128. The molecule has 0 aliphatic rings. The first-order valence-electron chi connectivity index (χ1n) is 1.57. The first kappa shape index (κ1) is 29.5. The first-order valence-corrected chi connectivity index (χ1v) is 4.70. The van der Waals surface area contributed by atoms with Crippen LogP contribution in [-0.4, -0.2) is 94.0 Å². The van der Waals surface area contributed by atoms with E-state index in [0.29, 0.717) is 0 Å². The second kappa shape index (κ2) is 12.3. The van der Waals surface area contributed by atoms with Gasteiger partial charge in [0.1, 0.15) is 0 Å². The molecular weight excluding hydrogens is 252 g/mol. The summed E-state index contributed by atoms with van der Waals surface area (Å²) in [6.07, 6.45) is 0. The number of phosphoric acid groups is 2. The van der Waals surface area contributed by atoms with Crippen LogP contribution in [0.4, 0.5) is 0 Å². The maximum absolute atomic E-state index is 8.88. The van der Waals surface area contributed by atoms with Crippen LogP contribution in [0.15, 0.2) is 0 Å². The van der Waals surface area contributed by atoms with E-state index in [0.717, 1.165) is 0 Å². The molecular formula is H10Na2O9P2. The molecule has 0 unspecified atom stereocenters. The van der Waals surface area contributed by atoms with Gasteiger partial charge in [0.05, 0.1) is 0 Å². The van der Waals surface area contributed by atoms with E-state index in [1.165, 1.54) is 0 Å². The fourth-order valence-corrected chi connectivity index (χ4v) is 0. The first-order chi connectivity index (χ1) is 4.00. The predicted octanol–water partition coefficient (Wildman–Crippen LogP) is -3.98. The molecule has 0 aromatic heterocycles. The molecule has 0 saturated carbocycles. The molecule has 0 aromatic rings. The van der Waals surface area contributed by atoms with Gasteiger partial charge in [0.2, 0.25) is 0 Å². The Balaban J connectivity index is -0.0000000267. The topological polar surface area (TPSA) is 187 Å². The second-order valence-corrected chi connectivity index (χ2v) is 3.08. The summed E-state index contributed by atoms with van der Waals surface area (Å²) < 4.78 is 17.8. The molecule has 0 rings (SSSR count). The van der Waals surface area contributed by atoms with Crippen LogP contribution < -0.4 is 0 Å². The Morgan fingerprint density at radius 2 is 0.615 bits per heavy atom. The van der Waals surface area contributed by atoms with Gasteiger partial charge >= 0.3 is 74.8 Å². The van der Waals surface area contributed by atoms with Crippen molar-refractivity contribution in [1.82, 2.24) is 0 Å². The van der Waals surface area contributed by atoms with Gasteiger partial charge in [0, 0.05) is 0 Å². The van der Waals surface area contributed by atoms with Crippen LogP contribution in [0, 0.1) is 0 Å².